The van der Waals surface area contributed by atoms with Crippen LogP contribution in [0.5, 0.6) is 5.75 Å². The highest BCUT2D eigenvalue weighted by molar-refractivity contribution is 7.89. The number of benzene rings is 3. The number of hydrogen-bond acceptors (Lipinski definition) is 4. The number of fused-ring (bicyclic) bond motifs is 1. The molecule has 0 aromatic heterocycles. The number of nitrogens with one attached hydrogen (secondary N) is 2. The summed E-state index contributed by atoms with van der Waals surface area (Å²) in [7, 11) is -3.74. The van der Waals surface area contributed by atoms with Gasteiger partial charge in [-0.3, -0.25) is 4.79 Å². The first-order chi connectivity index (χ1) is 14.0. The highest BCUT2D eigenvalue weighted by Gasteiger charge is 2.19. The Morgan fingerprint density at radius 1 is 0.931 bits per heavy atom. The zero-order valence-corrected chi connectivity index (χ0v) is 17.3. The molecule has 3 rings (SSSR count). The average Bonchev–Trinajstić information content (AvgIpc) is 2.73. The molecule has 0 fully saturated rings. The van der Waals surface area contributed by atoms with Crippen LogP contribution in [0.4, 0.5) is 0 Å². The third-order valence-corrected chi connectivity index (χ3v) is 5.91. The number of amides is 1. The second-order valence-corrected chi connectivity index (χ2v) is 8.16. The molecule has 0 aliphatic heterocycles. The molecule has 0 spiro atoms. The maximum Gasteiger partial charge on any atom is 0.251 e. The van der Waals surface area contributed by atoms with Crippen LogP contribution in [0.3, 0.4) is 0 Å². The fourth-order valence-electron chi connectivity index (χ4n) is 3.05. The van der Waals surface area contributed by atoms with Crippen LogP contribution in [0.15, 0.2) is 65.6 Å². The number of hydrogen-bond donors (Lipinski definition) is 2. The first kappa shape index (κ1) is 20.8. The van der Waals surface area contributed by atoms with Gasteiger partial charge in [-0.15, -0.1) is 0 Å². The Kier molecular flexibility index (Phi) is 6.51. The highest BCUT2D eigenvalue weighted by Crippen LogP contribution is 2.31. The van der Waals surface area contributed by atoms with Crippen molar-refractivity contribution in [2.45, 2.75) is 25.3 Å². The Hall–Kier alpha value is -2.90. The largest absolute Gasteiger partial charge is 0.493 e. The minimum absolute atomic E-state index is 0.125. The van der Waals surface area contributed by atoms with Crippen molar-refractivity contribution in [3.8, 4) is 5.75 Å². The molecule has 0 saturated heterocycles. The number of carbonyl (C=O) groups excluding carboxylic acids is 1. The smallest absolute Gasteiger partial charge is 0.251 e. The third kappa shape index (κ3) is 4.75. The van der Waals surface area contributed by atoms with Gasteiger partial charge in [0.1, 0.15) is 5.75 Å². The Morgan fingerprint density at radius 3 is 2.28 bits per heavy atom. The molecule has 29 heavy (non-hydrogen) atoms. The summed E-state index contributed by atoms with van der Waals surface area (Å²) < 4.78 is 34.1. The molecule has 7 heteroatoms. The van der Waals surface area contributed by atoms with Gasteiger partial charge in [-0.2, -0.15) is 0 Å². The molecule has 6 nitrogen and oxygen atoms in total. The maximum atomic E-state index is 12.9. The summed E-state index contributed by atoms with van der Waals surface area (Å²) in [5.74, 6) is 0.503. The van der Waals surface area contributed by atoms with Gasteiger partial charge in [-0.05, 0) is 43.7 Å². The second kappa shape index (κ2) is 9.07. The van der Waals surface area contributed by atoms with Crippen LogP contribution in [0.25, 0.3) is 10.8 Å². The summed E-state index contributed by atoms with van der Waals surface area (Å²) in [6.07, 6.45) is 0. The molecule has 3 aromatic carbocycles. The van der Waals surface area contributed by atoms with Crippen LogP contribution in [-0.2, 0) is 16.6 Å². The summed E-state index contributed by atoms with van der Waals surface area (Å²) in [6, 6.07) is 17.4. The van der Waals surface area contributed by atoms with Crippen molar-refractivity contribution in [2.75, 3.05) is 13.2 Å². The Labute approximate surface area is 170 Å². The lowest BCUT2D eigenvalue weighted by Crippen LogP contribution is -2.24. The van der Waals surface area contributed by atoms with Gasteiger partial charge in [0.15, 0.2) is 0 Å². The Morgan fingerprint density at radius 2 is 1.62 bits per heavy atom. The molecule has 0 heterocycles. The molecule has 0 aliphatic carbocycles. The average molecular weight is 413 g/mol. The van der Waals surface area contributed by atoms with Crippen molar-refractivity contribution in [3.63, 3.8) is 0 Å². The topological polar surface area (TPSA) is 84.5 Å². The van der Waals surface area contributed by atoms with Gasteiger partial charge in [0.25, 0.3) is 5.91 Å². The molecular weight excluding hydrogens is 388 g/mol. The van der Waals surface area contributed by atoms with Crippen LogP contribution in [0.2, 0.25) is 0 Å². The quantitative estimate of drug-likeness (QED) is 0.593. The van der Waals surface area contributed by atoms with Crippen LogP contribution < -0.4 is 14.8 Å². The van der Waals surface area contributed by atoms with E-state index in [9.17, 15) is 13.2 Å². The molecule has 0 unspecified atom stereocenters. The minimum atomic E-state index is -3.74. The monoisotopic (exact) mass is 412 g/mol. The van der Waals surface area contributed by atoms with E-state index in [4.69, 9.17) is 4.74 Å². The van der Waals surface area contributed by atoms with Gasteiger partial charge < -0.3 is 10.1 Å². The minimum Gasteiger partial charge on any atom is -0.493 e. The normalized spacial score (nSPS) is 11.4. The van der Waals surface area contributed by atoms with E-state index < -0.39 is 10.0 Å². The van der Waals surface area contributed by atoms with Gasteiger partial charge in [0.05, 0.1) is 11.5 Å². The zero-order valence-electron chi connectivity index (χ0n) is 16.4. The van der Waals surface area contributed by atoms with E-state index >= 15 is 0 Å². The Balaban J connectivity index is 1.82. The number of ether oxygens (including phenoxy) is 1. The van der Waals surface area contributed by atoms with Crippen molar-refractivity contribution in [2.24, 2.45) is 0 Å². The lowest BCUT2D eigenvalue weighted by molar-refractivity contribution is 0.0956. The summed E-state index contributed by atoms with van der Waals surface area (Å²) in [4.78, 5) is 12.0. The predicted molar refractivity (Wildman–Crippen MR) is 114 cm³/mol. The first-order valence-corrected chi connectivity index (χ1v) is 11.0. The molecule has 152 valence electrons. The molecule has 2 N–H and O–H groups in total. The van der Waals surface area contributed by atoms with Gasteiger partial charge in [0.2, 0.25) is 10.0 Å². The van der Waals surface area contributed by atoms with Gasteiger partial charge in [-0.25, -0.2) is 13.1 Å². The van der Waals surface area contributed by atoms with Crippen molar-refractivity contribution < 1.29 is 17.9 Å². The van der Waals surface area contributed by atoms with Crippen LogP contribution in [0.1, 0.15) is 29.8 Å². The highest BCUT2D eigenvalue weighted by atomic mass is 32.2. The molecule has 1 amide bonds. The summed E-state index contributed by atoms with van der Waals surface area (Å²) in [5, 5.41) is 4.09. The van der Waals surface area contributed by atoms with Crippen LogP contribution >= 0.6 is 0 Å². The van der Waals surface area contributed by atoms with E-state index in [1.54, 1.807) is 48.5 Å². The first-order valence-electron chi connectivity index (χ1n) is 9.47. The van der Waals surface area contributed by atoms with E-state index in [-0.39, 0.29) is 17.3 Å². The van der Waals surface area contributed by atoms with Crippen LogP contribution in [0, 0.1) is 0 Å². The molecule has 0 bridgehead atoms. The number of carbonyl (C=O) groups is 1. The number of rotatable bonds is 8. The van der Waals surface area contributed by atoms with Gasteiger partial charge in [0, 0.05) is 29.4 Å². The standard InChI is InChI=1S/C22H24N2O4S/c1-3-23-22(25)17-11-9-16(10-12-17)15-24-29(26,27)21-14-13-20(28-4-2)18-7-5-6-8-19(18)21/h5-14,24H,3-4,15H2,1-2H3,(H,23,25). The molecule has 0 radical (unpaired) electrons. The molecule has 0 saturated carbocycles. The van der Waals surface area contributed by atoms with Crippen molar-refractivity contribution >= 4 is 26.7 Å². The van der Waals surface area contributed by atoms with Crippen molar-refractivity contribution in [3.05, 3.63) is 71.8 Å². The van der Waals surface area contributed by atoms with E-state index in [1.165, 1.54) is 0 Å². The fourth-order valence-corrected chi connectivity index (χ4v) is 4.28. The second-order valence-electron chi connectivity index (χ2n) is 6.42. The maximum absolute atomic E-state index is 12.9. The SMILES string of the molecule is CCNC(=O)c1ccc(CNS(=O)(=O)c2ccc(OCC)c3ccccc23)cc1. The summed E-state index contributed by atoms with van der Waals surface area (Å²) in [5.41, 5.74) is 1.30. The summed E-state index contributed by atoms with van der Waals surface area (Å²) in [6.45, 7) is 4.92. The van der Waals surface area contributed by atoms with E-state index in [0.717, 1.165) is 10.9 Å². The van der Waals surface area contributed by atoms with E-state index in [0.29, 0.717) is 29.9 Å². The lowest BCUT2D eigenvalue weighted by Gasteiger charge is -2.13. The molecule has 0 atom stereocenters. The Bertz CT molecular complexity index is 1110. The zero-order chi connectivity index (χ0) is 20.9. The van der Waals surface area contributed by atoms with Gasteiger partial charge in [-0.1, -0.05) is 36.4 Å². The molecule has 0 aliphatic rings. The van der Waals surface area contributed by atoms with E-state index in [1.807, 2.05) is 26.0 Å². The fraction of sp³-hybridized carbons (Fsp3) is 0.227. The third-order valence-electron chi connectivity index (χ3n) is 4.45. The summed E-state index contributed by atoms with van der Waals surface area (Å²) >= 11 is 0. The molecular formula is C22H24N2O4S. The molecule has 3 aromatic rings. The van der Waals surface area contributed by atoms with Crippen molar-refractivity contribution in [1.29, 1.82) is 0 Å². The predicted octanol–water partition coefficient (Wildman–Crippen LogP) is 3.47. The van der Waals surface area contributed by atoms with Crippen molar-refractivity contribution in [1.82, 2.24) is 10.0 Å². The number of sulfonamides is 1. The lowest BCUT2D eigenvalue weighted by atomic mass is 10.1. The van der Waals surface area contributed by atoms with E-state index in [2.05, 4.69) is 10.0 Å². The van der Waals surface area contributed by atoms with Gasteiger partial charge >= 0.3 is 0 Å². The van der Waals surface area contributed by atoms with Crippen LogP contribution in [-0.4, -0.2) is 27.5 Å².